The van der Waals surface area contributed by atoms with Gasteiger partial charge in [-0.05, 0) is 30.5 Å². The lowest BCUT2D eigenvalue weighted by atomic mass is 10.2. The molecule has 22 heavy (non-hydrogen) atoms. The van der Waals surface area contributed by atoms with E-state index < -0.39 is 0 Å². The smallest absolute Gasteiger partial charge is 0.205 e. The zero-order valence-electron chi connectivity index (χ0n) is 12.4. The Bertz CT molecular complexity index is 630. The summed E-state index contributed by atoms with van der Waals surface area (Å²) < 4.78 is 4.51. The van der Waals surface area contributed by atoms with Crippen molar-refractivity contribution >= 4 is 28.3 Å². The molecule has 1 saturated heterocycles. The molecule has 0 spiro atoms. The van der Waals surface area contributed by atoms with Crippen LogP contribution in [0.25, 0.3) is 0 Å². The summed E-state index contributed by atoms with van der Waals surface area (Å²) in [5.41, 5.74) is 1.32. The van der Waals surface area contributed by atoms with Crippen LogP contribution in [0.3, 0.4) is 0 Å². The van der Waals surface area contributed by atoms with E-state index in [1.165, 1.54) is 18.4 Å². The van der Waals surface area contributed by atoms with Crippen molar-refractivity contribution in [2.45, 2.75) is 25.3 Å². The standard InChI is InChI=1S/C16H19ClN4S/c17-14-5-1-12(2-6-14)11-20-7-9-21(10-8-20)16-18-15(19-22-16)13-3-4-13/h1-2,5-6,13H,3-4,7-11H2. The lowest BCUT2D eigenvalue weighted by Crippen LogP contribution is -2.45. The predicted octanol–water partition coefficient (Wildman–Crippen LogP) is 3.39. The van der Waals surface area contributed by atoms with Gasteiger partial charge in [0, 0.05) is 55.2 Å². The molecule has 1 aromatic carbocycles. The highest BCUT2D eigenvalue weighted by Crippen LogP contribution is 2.39. The summed E-state index contributed by atoms with van der Waals surface area (Å²) in [6, 6.07) is 8.16. The summed E-state index contributed by atoms with van der Waals surface area (Å²) in [5, 5.41) is 1.91. The molecular weight excluding hydrogens is 316 g/mol. The van der Waals surface area contributed by atoms with Crippen molar-refractivity contribution in [2.75, 3.05) is 31.1 Å². The molecule has 6 heteroatoms. The highest BCUT2D eigenvalue weighted by atomic mass is 35.5. The Kier molecular flexibility index (Phi) is 4.03. The lowest BCUT2D eigenvalue weighted by molar-refractivity contribution is 0.250. The summed E-state index contributed by atoms with van der Waals surface area (Å²) in [6.45, 7) is 5.20. The summed E-state index contributed by atoms with van der Waals surface area (Å²) in [4.78, 5) is 9.58. The van der Waals surface area contributed by atoms with Crippen LogP contribution < -0.4 is 4.90 Å². The quantitative estimate of drug-likeness (QED) is 0.858. The first-order valence-corrected chi connectivity index (χ1v) is 8.98. The SMILES string of the molecule is Clc1ccc(CN2CCN(c3nc(C4CC4)ns3)CC2)cc1. The zero-order chi connectivity index (χ0) is 14.9. The highest BCUT2D eigenvalue weighted by Gasteiger charge is 2.29. The van der Waals surface area contributed by atoms with Gasteiger partial charge in [0.2, 0.25) is 5.13 Å². The Hall–Kier alpha value is -1.17. The van der Waals surface area contributed by atoms with Crippen LogP contribution in [0.15, 0.2) is 24.3 Å². The molecule has 0 unspecified atom stereocenters. The second-order valence-electron chi connectivity index (χ2n) is 6.10. The first kappa shape index (κ1) is 14.4. The molecule has 4 nitrogen and oxygen atoms in total. The molecule has 0 bridgehead atoms. The van der Waals surface area contributed by atoms with Crippen LogP contribution >= 0.6 is 23.1 Å². The van der Waals surface area contributed by atoms with Crippen molar-refractivity contribution in [1.82, 2.24) is 14.3 Å². The van der Waals surface area contributed by atoms with Crippen molar-refractivity contribution < 1.29 is 0 Å². The number of anilines is 1. The fraction of sp³-hybridized carbons (Fsp3) is 0.500. The Morgan fingerprint density at radius 1 is 1.09 bits per heavy atom. The molecule has 4 rings (SSSR count). The minimum atomic E-state index is 0.649. The molecule has 1 saturated carbocycles. The fourth-order valence-corrected chi connectivity index (χ4v) is 3.73. The van der Waals surface area contributed by atoms with Crippen molar-refractivity contribution in [3.05, 3.63) is 40.7 Å². The normalized spacial score (nSPS) is 19.6. The van der Waals surface area contributed by atoms with Gasteiger partial charge in [-0.1, -0.05) is 23.7 Å². The summed E-state index contributed by atoms with van der Waals surface area (Å²) in [7, 11) is 0. The van der Waals surface area contributed by atoms with Gasteiger partial charge < -0.3 is 4.90 Å². The van der Waals surface area contributed by atoms with Crippen molar-refractivity contribution in [3.63, 3.8) is 0 Å². The highest BCUT2D eigenvalue weighted by molar-refractivity contribution is 7.09. The Morgan fingerprint density at radius 2 is 1.82 bits per heavy atom. The minimum Gasteiger partial charge on any atom is -0.344 e. The third-order valence-electron chi connectivity index (χ3n) is 4.34. The molecule has 0 N–H and O–H groups in total. The van der Waals surface area contributed by atoms with Crippen molar-refractivity contribution in [3.8, 4) is 0 Å². The number of nitrogens with zero attached hydrogens (tertiary/aromatic N) is 4. The van der Waals surface area contributed by atoms with E-state index in [0.29, 0.717) is 5.92 Å². The third-order valence-corrected chi connectivity index (χ3v) is 5.38. The maximum Gasteiger partial charge on any atom is 0.205 e. The van der Waals surface area contributed by atoms with E-state index in [4.69, 9.17) is 16.6 Å². The van der Waals surface area contributed by atoms with E-state index in [2.05, 4.69) is 26.3 Å². The summed E-state index contributed by atoms with van der Waals surface area (Å²) >= 11 is 7.50. The van der Waals surface area contributed by atoms with Crippen LogP contribution in [0.5, 0.6) is 0 Å². The lowest BCUT2D eigenvalue weighted by Gasteiger charge is -2.34. The number of halogens is 1. The predicted molar refractivity (Wildman–Crippen MR) is 90.8 cm³/mol. The van der Waals surface area contributed by atoms with Crippen molar-refractivity contribution in [1.29, 1.82) is 0 Å². The van der Waals surface area contributed by atoms with E-state index in [1.54, 1.807) is 11.5 Å². The minimum absolute atomic E-state index is 0.649. The van der Waals surface area contributed by atoms with E-state index in [1.807, 2.05) is 12.1 Å². The van der Waals surface area contributed by atoms with Crippen LogP contribution in [0.4, 0.5) is 5.13 Å². The number of hydrogen-bond acceptors (Lipinski definition) is 5. The second kappa shape index (κ2) is 6.14. The van der Waals surface area contributed by atoms with Crippen LogP contribution in [0.2, 0.25) is 5.02 Å². The maximum atomic E-state index is 5.94. The van der Waals surface area contributed by atoms with Gasteiger partial charge in [-0.2, -0.15) is 4.37 Å². The molecule has 0 radical (unpaired) electrons. The largest absolute Gasteiger partial charge is 0.344 e. The van der Waals surface area contributed by atoms with Crippen molar-refractivity contribution in [2.24, 2.45) is 0 Å². The number of aromatic nitrogens is 2. The molecule has 2 aromatic rings. The number of rotatable bonds is 4. The molecule has 0 atom stereocenters. The van der Waals surface area contributed by atoms with Crippen LogP contribution in [0.1, 0.15) is 30.1 Å². The van der Waals surface area contributed by atoms with E-state index in [0.717, 1.165) is 48.7 Å². The van der Waals surface area contributed by atoms with Gasteiger partial charge in [-0.25, -0.2) is 4.98 Å². The maximum absolute atomic E-state index is 5.94. The molecule has 1 aliphatic carbocycles. The summed E-state index contributed by atoms with van der Waals surface area (Å²) in [6.07, 6.45) is 2.54. The monoisotopic (exact) mass is 334 g/mol. The average Bonchev–Trinajstić information content (AvgIpc) is 3.28. The van der Waals surface area contributed by atoms with Crippen LogP contribution in [0, 0.1) is 0 Å². The van der Waals surface area contributed by atoms with Gasteiger partial charge in [-0.15, -0.1) is 0 Å². The summed E-state index contributed by atoms with van der Waals surface area (Å²) in [5.74, 6) is 1.72. The Labute approximate surface area is 139 Å². The van der Waals surface area contributed by atoms with E-state index in [-0.39, 0.29) is 0 Å². The first-order chi connectivity index (χ1) is 10.8. The van der Waals surface area contributed by atoms with Gasteiger partial charge in [0.05, 0.1) is 0 Å². The number of hydrogen-bond donors (Lipinski definition) is 0. The van der Waals surface area contributed by atoms with Gasteiger partial charge in [-0.3, -0.25) is 4.90 Å². The fourth-order valence-electron chi connectivity index (χ4n) is 2.81. The van der Waals surface area contributed by atoms with Gasteiger partial charge in [0.15, 0.2) is 0 Å². The second-order valence-corrected chi connectivity index (χ2v) is 7.27. The Morgan fingerprint density at radius 3 is 2.50 bits per heavy atom. The first-order valence-electron chi connectivity index (χ1n) is 7.83. The Balaban J connectivity index is 1.32. The van der Waals surface area contributed by atoms with Gasteiger partial charge in [0.25, 0.3) is 0 Å². The van der Waals surface area contributed by atoms with E-state index >= 15 is 0 Å². The van der Waals surface area contributed by atoms with Gasteiger partial charge in [0.1, 0.15) is 5.82 Å². The van der Waals surface area contributed by atoms with Crippen LogP contribution in [-0.4, -0.2) is 40.4 Å². The molecule has 0 amide bonds. The molecule has 1 aromatic heterocycles. The molecule has 2 fully saturated rings. The van der Waals surface area contributed by atoms with Crippen LogP contribution in [-0.2, 0) is 6.54 Å². The third kappa shape index (κ3) is 3.26. The van der Waals surface area contributed by atoms with E-state index in [9.17, 15) is 0 Å². The number of piperazine rings is 1. The zero-order valence-corrected chi connectivity index (χ0v) is 14.0. The molecule has 2 heterocycles. The molecule has 1 aliphatic heterocycles. The average molecular weight is 335 g/mol. The molecular formula is C16H19ClN4S. The molecule has 2 aliphatic rings. The molecule has 116 valence electrons. The topological polar surface area (TPSA) is 32.3 Å². The number of benzene rings is 1. The van der Waals surface area contributed by atoms with Gasteiger partial charge >= 0.3 is 0 Å².